The van der Waals surface area contributed by atoms with Gasteiger partial charge >= 0.3 is 0 Å². The van der Waals surface area contributed by atoms with Gasteiger partial charge in [-0.05, 0) is 55.0 Å². The monoisotopic (exact) mass is 451 g/mol. The number of methoxy groups -OCH3 is 1. The predicted molar refractivity (Wildman–Crippen MR) is 125 cm³/mol. The van der Waals surface area contributed by atoms with E-state index in [9.17, 15) is 9.90 Å². The van der Waals surface area contributed by atoms with E-state index in [0.717, 1.165) is 27.9 Å². The second-order valence-electron chi connectivity index (χ2n) is 7.46. The molecule has 0 amide bonds. The van der Waals surface area contributed by atoms with Gasteiger partial charge in [-0.3, -0.25) is 9.20 Å². The van der Waals surface area contributed by atoms with Crippen molar-refractivity contribution in [3.63, 3.8) is 0 Å². The highest BCUT2D eigenvalue weighted by atomic mass is 32.2. The van der Waals surface area contributed by atoms with Gasteiger partial charge in [0.05, 0.1) is 18.7 Å². The normalized spacial score (nSPS) is 12.2. The van der Waals surface area contributed by atoms with Gasteiger partial charge < -0.3 is 14.6 Å². The fourth-order valence-corrected chi connectivity index (χ4v) is 4.33. The first-order valence-corrected chi connectivity index (χ1v) is 11.4. The molecule has 0 aliphatic carbocycles. The Balaban J connectivity index is 1.45. The molecule has 32 heavy (non-hydrogen) atoms. The predicted octanol–water partition coefficient (Wildman–Crippen LogP) is 4.32. The van der Waals surface area contributed by atoms with E-state index in [2.05, 4.69) is 10.2 Å². The van der Waals surface area contributed by atoms with Crippen LogP contribution in [-0.4, -0.2) is 51.1 Å². The van der Waals surface area contributed by atoms with Crippen molar-refractivity contribution in [2.24, 2.45) is 0 Å². The van der Waals surface area contributed by atoms with E-state index in [1.165, 1.54) is 11.8 Å². The number of benzene rings is 2. The zero-order valence-corrected chi connectivity index (χ0v) is 19.1. The molecule has 4 aromatic rings. The molecule has 0 aliphatic rings. The number of aryl methyl sites for hydroxylation is 1. The molecule has 0 fully saturated rings. The van der Waals surface area contributed by atoms with Crippen LogP contribution in [-0.2, 0) is 0 Å². The average molecular weight is 452 g/mol. The number of rotatable bonds is 9. The molecule has 0 saturated carbocycles. The lowest BCUT2D eigenvalue weighted by atomic mass is 10.1. The van der Waals surface area contributed by atoms with Crippen molar-refractivity contribution in [3.8, 4) is 11.5 Å². The quantitative estimate of drug-likeness (QED) is 0.299. The number of aliphatic hydroxyl groups excluding tert-OH is 1. The third-order valence-electron chi connectivity index (χ3n) is 5.22. The van der Waals surface area contributed by atoms with Gasteiger partial charge in [-0.2, -0.15) is 0 Å². The lowest BCUT2D eigenvalue weighted by molar-refractivity contribution is 0.0987. The first-order valence-electron chi connectivity index (χ1n) is 10.4. The van der Waals surface area contributed by atoms with Crippen molar-refractivity contribution in [2.75, 3.05) is 19.5 Å². The van der Waals surface area contributed by atoms with Crippen LogP contribution in [0.5, 0.6) is 11.5 Å². The number of ether oxygens (including phenoxy) is 2. The number of pyridine rings is 1. The number of Topliss-reactive ketones (excluding diaryl/α,β-unsaturated/α-hetero) is 1. The zero-order chi connectivity index (χ0) is 22.7. The van der Waals surface area contributed by atoms with Crippen molar-refractivity contribution in [1.82, 2.24) is 14.6 Å². The molecule has 0 bridgehead atoms. The number of fused-ring (bicyclic) bond motifs is 3. The minimum absolute atomic E-state index is 0.0915. The van der Waals surface area contributed by atoms with E-state index in [1.807, 2.05) is 42.5 Å². The molecular formula is C24H25N3O4S. The summed E-state index contributed by atoms with van der Waals surface area (Å²) in [5.41, 5.74) is 3.48. The number of hydrogen-bond donors (Lipinski definition) is 1. The minimum atomic E-state index is -0.699. The van der Waals surface area contributed by atoms with Gasteiger partial charge in [-0.25, -0.2) is 0 Å². The van der Waals surface area contributed by atoms with Crippen LogP contribution in [0.2, 0.25) is 0 Å². The SMILES string of the molecule is CCC(=O)c1ccc(OC[C@H](O)CSc2nnc3cc(C)c4ccc(OC)cc4n23)cc1. The van der Waals surface area contributed by atoms with E-state index >= 15 is 0 Å². The minimum Gasteiger partial charge on any atom is -0.497 e. The Morgan fingerprint density at radius 1 is 1.12 bits per heavy atom. The molecule has 2 aromatic carbocycles. The summed E-state index contributed by atoms with van der Waals surface area (Å²) < 4.78 is 13.0. The highest BCUT2D eigenvalue weighted by molar-refractivity contribution is 7.99. The van der Waals surface area contributed by atoms with Crippen molar-refractivity contribution in [1.29, 1.82) is 0 Å². The first-order chi connectivity index (χ1) is 15.5. The van der Waals surface area contributed by atoms with Gasteiger partial charge in [0.1, 0.15) is 18.1 Å². The number of ketones is 1. The van der Waals surface area contributed by atoms with Crippen LogP contribution < -0.4 is 9.47 Å². The average Bonchev–Trinajstić information content (AvgIpc) is 3.23. The summed E-state index contributed by atoms with van der Waals surface area (Å²) in [5.74, 6) is 1.86. The second-order valence-corrected chi connectivity index (χ2v) is 8.45. The summed E-state index contributed by atoms with van der Waals surface area (Å²) in [6.45, 7) is 4.01. The number of aromatic nitrogens is 3. The topological polar surface area (TPSA) is 86.0 Å². The standard InChI is InChI=1S/C24H25N3O4S/c1-4-22(29)16-5-7-18(8-6-16)31-13-17(28)14-32-24-26-25-23-11-15(2)20-10-9-19(30-3)12-21(20)27(23)24/h5-12,17,28H,4,13-14H2,1-3H3/t17-/m0/s1. The number of hydrogen-bond acceptors (Lipinski definition) is 7. The van der Waals surface area contributed by atoms with E-state index in [0.29, 0.717) is 28.6 Å². The van der Waals surface area contributed by atoms with Crippen molar-refractivity contribution in [2.45, 2.75) is 31.5 Å². The Morgan fingerprint density at radius 3 is 2.59 bits per heavy atom. The molecule has 2 heterocycles. The van der Waals surface area contributed by atoms with Crippen LogP contribution in [0.1, 0.15) is 29.3 Å². The van der Waals surface area contributed by atoms with Gasteiger partial charge in [0.15, 0.2) is 16.6 Å². The maximum absolute atomic E-state index is 11.7. The van der Waals surface area contributed by atoms with Gasteiger partial charge in [0.25, 0.3) is 0 Å². The highest BCUT2D eigenvalue weighted by Gasteiger charge is 2.15. The zero-order valence-electron chi connectivity index (χ0n) is 18.2. The summed E-state index contributed by atoms with van der Waals surface area (Å²) in [6.07, 6.45) is -0.231. The number of carbonyl (C=O) groups is 1. The molecule has 0 saturated heterocycles. The summed E-state index contributed by atoms with van der Waals surface area (Å²) in [5, 5.41) is 20.8. The Hall–Kier alpha value is -3.10. The maximum atomic E-state index is 11.7. The van der Waals surface area contributed by atoms with Crippen LogP contribution in [0, 0.1) is 6.92 Å². The molecule has 0 aliphatic heterocycles. The fourth-order valence-electron chi connectivity index (χ4n) is 3.48. The van der Waals surface area contributed by atoms with Gasteiger partial charge in [-0.15, -0.1) is 10.2 Å². The van der Waals surface area contributed by atoms with Crippen LogP contribution in [0.15, 0.2) is 53.7 Å². The van der Waals surface area contributed by atoms with E-state index < -0.39 is 6.10 Å². The molecule has 166 valence electrons. The summed E-state index contributed by atoms with van der Waals surface area (Å²) in [7, 11) is 1.64. The summed E-state index contributed by atoms with van der Waals surface area (Å²) >= 11 is 1.42. The molecule has 0 radical (unpaired) electrons. The van der Waals surface area contributed by atoms with Gasteiger partial charge in [0.2, 0.25) is 0 Å². The molecule has 1 atom stereocenters. The molecule has 4 rings (SSSR count). The molecular weight excluding hydrogens is 426 g/mol. The number of carbonyl (C=O) groups excluding carboxylic acids is 1. The molecule has 1 N–H and O–H groups in total. The van der Waals surface area contributed by atoms with Crippen LogP contribution in [0.4, 0.5) is 0 Å². The fraction of sp³-hybridized carbons (Fsp3) is 0.292. The Bertz CT molecular complexity index is 1250. The smallest absolute Gasteiger partial charge is 0.196 e. The lowest BCUT2D eigenvalue weighted by Crippen LogP contribution is -2.20. The number of nitrogens with zero attached hydrogens (tertiary/aromatic N) is 3. The lowest BCUT2D eigenvalue weighted by Gasteiger charge is -2.13. The number of aliphatic hydroxyl groups is 1. The molecule has 7 nitrogen and oxygen atoms in total. The highest BCUT2D eigenvalue weighted by Crippen LogP contribution is 2.29. The third kappa shape index (κ3) is 4.56. The largest absolute Gasteiger partial charge is 0.497 e. The molecule has 0 spiro atoms. The Labute approximate surface area is 190 Å². The maximum Gasteiger partial charge on any atom is 0.196 e. The molecule has 8 heteroatoms. The van der Waals surface area contributed by atoms with Crippen LogP contribution in [0.3, 0.4) is 0 Å². The van der Waals surface area contributed by atoms with E-state index in [-0.39, 0.29) is 12.4 Å². The number of thioether (sulfide) groups is 1. The first kappa shape index (κ1) is 22.1. The second kappa shape index (κ2) is 9.58. The van der Waals surface area contributed by atoms with E-state index in [1.54, 1.807) is 31.4 Å². The van der Waals surface area contributed by atoms with Gasteiger partial charge in [0, 0.05) is 29.2 Å². The van der Waals surface area contributed by atoms with Crippen LogP contribution in [0.25, 0.3) is 16.6 Å². The Kier molecular flexibility index (Phi) is 6.62. The van der Waals surface area contributed by atoms with Crippen molar-refractivity contribution >= 4 is 34.1 Å². The third-order valence-corrected chi connectivity index (χ3v) is 6.29. The van der Waals surface area contributed by atoms with Crippen molar-refractivity contribution < 1.29 is 19.4 Å². The molecule has 2 aromatic heterocycles. The van der Waals surface area contributed by atoms with Gasteiger partial charge in [-0.1, -0.05) is 18.7 Å². The Morgan fingerprint density at radius 2 is 1.88 bits per heavy atom. The summed E-state index contributed by atoms with van der Waals surface area (Å²) in [4.78, 5) is 11.7. The van der Waals surface area contributed by atoms with E-state index in [4.69, 9.17) is 9.47 Å². The van der Waals surface area contributed by atoms with Crippen LogP contribution >= 0.6 is 11.8 Å². The molecule has 0 unspecified atom stereocenters. The summed E-state index contributed by atoms with van der Waals surface area (Å²) in [6, 6.07) is 14.9. The van der Waals surface area contributed by atoms with Crippen molar-refractivity contribution in [3.05, 3.63) is 59.7 Å².